The Kier molecular flexibility index (Phi) is 6.14. The fourth-order valence-electron chi connectivity index (χ4n) is 0.847. The van der Waals surface area contributed by atoms with Gasteiger partial charge in [-0.3, -0.25) is 10.1 Å². The normalized spacial score (nSPS) is 12.8. The van der Waals surface area contributed by atoms with Crippen LogP contribution in [0.15, 0.2) is 11.1 Å². The van der Waals surface area contributed by atoms with Crippen LogP contribution < -0.4 is 10.6 Å². The van der Waals surface area contributed by atoms with E-state index in [4.69, 9.17) is 5.11 Å². The van der Waals surface area contributed by atoms with Crippen molar-refractivity contribution in [2.24, 2.45) is 0 Å². The summed E-state index contributed by atoms with van der Waals surface area (Å²) in [7, 11) is 0. The lowest BCUT2D eigenvalue weighted by atomic mass is 10.1. The number of rotatable bonds is 5. The van der Waals surface area contributed by atoms with Crippen molar-refractivity contribution in [2.75, 3.05) is 6.54 Å². The van der Waals surface area contributed by atoms with E-state index in [0.717, 1.165) is 13.8 Å². The molecule has 0 unspecified atom stereocenters. The molecule has 20 heavy (non-hydrogen) atoms. The van der Waals surface area contributed by atoms with E-state index in [9.17, 15) is 31.9 Å². The lowest BCUT2D eigenvalue weighted by Crippen LogP contribution is -2.47. The number of imide groups is 1. The van der Waals surface area contributed by atoms with Crippen LogP contribution in [0.25, 0.3) is 0 Å². The third-order valence-electron chi connectivity index (χ3n) is 2.25. The third-order valence-corrected chi connectivity index (χ3v) is 2.25. The average Bonchev–Trinajstić information content (AvgIpc) is 2.34. The molecule has 0 saturated carbocycles. The SMILES string of the molecule is CC(C(=O)O)=C(C)C(=O)NC(=O)NCC(F)(F)C(F)F. The maximum atomic E-state index is 12.5. The predicted molar refractivity (Wildman–Crippen MR) is 58.5 cm³/mol. The van der Waals surface area contributed by atoms with E-state index < -0.39 is 36.8 Å². The van der Waals surface area contributed by atoms with Gasteiger partial charge in [-0.1, -0.05) is 0 Å². The van der Waals surface area contributed by atoms with Gasteiger partial charge in [-0.05, 0) is 13.8 Å². The molecule has 0 aliphatic carbocycles. The second-order valence-corrected chi connectivity index (χ2v) is 3.75. The highest BCUT2D eigenvalue weighted by Gasteiger charge is 2.40. The molecule has 0 aromatic carbocycles. The van der Waals surface area contributed by atoms with Crippen LogP contribution in [-0.2, 0) is 9.59 Å². The van der Waals surface area contributed by atoms with Crippen LogP contribution >= 0.6 is 0 Å². The van der Waals surface area contributed by atoms with Crippen molar-refractivity contribution in [3.8, 4) is 0 Å². The highest BCUT2D eigenvalue weighted by atomic mass is 19.3. The van der Waals surface area contributed by atoms with E-state index in [1.54, 1.807) is 0 Å². The first-order valence-electron chi connectivity index (χ1n) is 5.15. The summed E-state index contributed by atoms with van der Waals surface area (Å²) < 4.78 is 48.5. The lowest BCUT2D eigenvalue weighted by Gasteiger charge is -2.15. The van der Waals surface area contributed by atoms with E-state index in [1.807, 2.05) is 0 Å². The molecule has 0 aromatic rings. The Morgan fingerprint density at radius 3 is 2.05 bits per heavy atom. The summed E-state index contributed by atoms with van der Waals surface area (Å²) in [6.45, 7) is 0.532. The standard InChI is InChI=1S/C10H12F4N2O4/c1-4(5(2)7(18)19)6(17)16-9(20)15-3-10(13,14)8(11)12/h8H,3H2,1-2H3,(H,18,19)(H2,15,16,17,20). The van der Waals surface area contributed by atoms with E-state index in [1.165, 1.54) is 10.6 Å². The van der Waals surface area contributed by atoms with Crippen molar-refractivity contribution in [3.63, 3.8) is 0 Å². The smallest absolute Gasteiger partial charge is 0.331 e. The summed E-state index contributed by atoms with van der Waals surface area (Å²) in [4.78, 5) is 32.9. The Hall–Kier alpha value is -2.13. The zero-order valence-electron chi connectivity index (χ0n) is 10.5. The maximum absolute atomic E-state index is 12.5. The zero-order chi connectivity index (χ0) is 16.1. The van der Waals surface area contributed by atoms with Crippen molar-refractivity contribution in [1.82, 2.24) is 10.6 Å². The van der Waals surface area contributed by atoms with Crippen LogP contribution in [0.5, 0.6) is 0 Å². The average molecular weight is 300 g/mol. The number of carbonyl (C=O) groups excluding carboxylic acids is 2. The number of carboxylic acids is 1. The second kappa shape index (κ2) is 6.87. The predicted octanol–water partition coefficient (Wildman–Crippen LogP) is 1.13. The molecule has 0 aromatic heterocycles. The minimum Gasteiger partial charge on any atom is -0.478 e. The van der Waals surface area contributed by atoms with E-state index >= 15 is 0 Å². The van der Waals surface area contributed by atoms with Gasteiger partial charge in [0.15, 0.2) is 0 Å². The molecule has 0 aliphatic rings. The topological polar surface area (TPSA) is 95.5 Å². The van der Waals surface area contributed by atoms with Crippen LogP contribution in [0.4, 0.5) is 22.4 Å². The Balaban J connectivity index is 4.54. The number of amides is 3. The molecule has 10 heteroatoms. The summed E-state index contributed by atoms with van der Waals surface area (Å²) in [5.74, 6) is -6.97. The largest absolute Gasteiger partial charge is 0.478 e. The van der Waals surface area contributed by atoms with Gasteiger partial charge in [0.25, 0.3) is 5.91 Å². The molecule has 0 atom stereocenters. The second-order valence-electron chi connectivity index (χ2n) is 3.75. The van der Waals surface area contributed by atoms with Gasteiger partial charge in [-0.15, -0.1) is 0 Å². The highest BCUT2D eigenvalue weighted by molar-refractivity contribution is 6.07. The summed E-state index contributed by atoms with van der Waals surface area (Å²) in [5.41, 5.74) is -0.679. The van der Waals surface area contributed by atoms with Gasteiger partial charge in [-0.25, -0.2) is 18.4 Å². The molecular weight excluding hydrogens is 288 g/mol. The molecule has 0 saturated heterocycles. The number of hydrogen-bond donors (Lipinski definition) is 3. The van der Waals surface area contributed by atoms with Gasteiger partial charge in [0, 0.05) is 11.1 Å². The summed E-state index contributed by atoms with van der Waals surface area (Å²) >= 11 is 0. The number of alkyl halides is 4. The number of hydrogen-bond acceptors (Lipinski definition) is 3. The Labute approximate surface area is 110 Å². The van der Waals surface area contributed by atoms with Crippen molar-refractivity contribution < 1.29 is 37.1 Å². The van der Waals surface area contributed by atoms with Crippen LogP contribution in [0.1, 0.15) is 13.8 Å². The summed E-state index contributed by atoms with van der Waals surface area (Å²) in [6.07, 6.45) is -3.96. The quantitative estimate of drug-likeness (QED) is 0.524. The van der Waals surface area contributed by atoms with Crippen molar-refractivity contribution in [1.29, 1.82) is 0 Å². The van der Waals surface area contributed by atoms with Crippen molar-refractivity contribution in [3.05, 3.63) is 11.1 Å². The van der Waals surface area contributed by atoms with Crippen LogP contribution in [0.2, 0.25) is 0 Å². The monoisotopic (exact) mass is 300 g/mol. The molecule has 3 amide bonds. The molecule has 0 spiro atoms. The molecule has 6 nitrogen and oxygen atoms in total. The fourth-order valence-corrected chi connectivity index (χ4v) is 0.847. The minimum atomic E-state index is -4.43. The molecule has 0 heterocycles. The van der Waals surface area contributed by atoms with E-state index in [2.05, 4.69) is 0 Å². The molecule has 0 fully saturated rings. The Morgan fingerprint density at radius 2 is 1.65 bits per heavy atom. The first-order chi connectivity index (χ1) is 8.99. The number of nitrogens with one attached hydrogen (secondary N) is 2. The first-order valence-corrected chi connectivity index (χ1v) is 5.15. The number of aliphatic carboxylic acids is 1. The fraction of sp³-hybridized carbons (Fsp3) is 0.500. The van der Waals surface area contributed by atoms with Crippen LogP contribution in [0.3, 0.4) is 0 Å². The summed E-state index contributed by atoms with van der Waals surface area (Å²) in [5, 5.41) is 11.5. The molecule has 0 bridgehead atoms. The molecule has 3 N–H and O–H groups in total. The number of carbonyl (C=O) groups is 3. The van der Waals surface area contributed by atoms with Crippen molar-refractivity contribution >= 4 is 17.9 Å². The zero-order valence-corrected chi connectivity index (χ0v) is 10.5. The summed E-state index contributed by atoms with van der Waals surface area (Å²) in [6, 6.07) is -1.44. The number of carboxylic acid groups (broad SMARTS) is 1. The minimum absolute atomic E-state index is 0.326. The van der Waals surface area contributed by atoms with Gasteiger partial charge >= 0.3 is 24.3 Å². The number of urea groups is 1. The molecule has 114 valence electrons. The molecule has 0 radical (unpaired) electrons. The Morgan fingerprint density at radius 1 is 1.15 bits per heavy atom. The third kappa shape index (κ3) is 5.24. The van der Waals surface area contributed by atoms with Crippen LogP contribution in [0, 0.1) is 0 Å². The van der Waals surface area contributed by atoms with Gasteiger partial charge in [0.2, 0.25) is 0 Å². The van der Waals surface area contributed by atoms with Gasteiger partial charge in [0.1, 0.15) is 0 Å². The van der Waals surface area contributed by atoms with Gasteiger partial charge in [-0.2, -0.15) is 8.78 Å². The molecular formula is C10H12F4N2O4. The van der Waals surface area contributed by atoms with E-state index in [-0.39, 0.29) is 11.1 Å². The van der Waals surface area contributed by atoms with Gasteiger partial charge < -0.3 is 10.4 Å². The van der Waals surface area contributed by atoms with Gasteiger partial charge in [0.05, 0.1) is 6.54 Å². The Bertz CT molecular complexity index is 449. The van der Waals surface area contributed by atoms with Crippen LogP contribution in [-0.4, -0.2) is 41.9 Å². The highest BCUT2D eigenvalue weighted by Crippen LogP contribution is 2.21. The van der Waals surface area contributed by atoms with Crippen molar-refractivity contribution in [2.45, 2.75) is 26.2 Å². The molecule has 0 rings (SSSR count). The lowest BCUT2D eigenvalue weighted by molar-refractivity contribution is -0.133. The maximum Gasteiger partial charge on any atom is 0.331 e. The van der Waals surface area contributed by atoms with E-state index in [0.29, 0.717) is 0 Å². The first kappa shape index (κ1) is 17.9. The number of halogens is 4. The molecule has 0 aliphatic heterocycles.